The lowest BCUT2D eigenvalue weighted by atomic mass is 10.1. The summed E-state index contributed by atoms with van der Waals surface area (Å²) in [6.07, 6.45) is -0.213. The van der Waals surface area contributed by atoms with Crippen LogP contribution in [0.1, 0.15) is 34.1 Å². The lowest BCUT2D eigenvalue weighted by Crippen LogP contribution is -2.40. The average molecular weight is 278 g/mol. The van der Waals surface area contributed by atoms with E-state index >= 15 is 0 Å². The normalized spacial score (nSPS) is 14.8. The molecule has 0 aromatic rings. The standard InChI is InChI=1S/C11H22N2O4S/c1-8(6-9(12)7-18(15)16)13(5)10(14)17-11(2,3)4/h8,12H,6-7H2,1-5H3,(H,15,16). The molecular weight excluding hydrogens is 256 g/mol. The summed E-state index contributed by atoms with van der Waals surface area (Å²) < 4.78 is 24.4. The third-order valence-electron chi connectivity index (χ3n) is 2.18. The number of nitrogens with zero attached hydrogens (tertiary/aromatic N) is 1. The molecule has 0 heterocycles. The van der Waals surface area contributed by atoms with Gasteiger partial charge in [-0.25, -0.2) is 9.00 Å². The number of carbonyl (C=O) groups is 1. The van der Waals surface area contributed by atoms with Crippen molar-refractivity contribution in [3.05, 3.63) is 0 Å². The second-order valence-corrected chi connectivity index (χ2v) is 6.15. The van der Waals surface area contributed by atoms with Gasteiger partial charge in [0.05, 0.1) is 5.75 Å². The van der Waals surface area contributed by atoms with Crippen LogP contribution in [0.2, 0.25) is 0 Å². The number of rotatable bonds is 5. The van der Waals surface area contributed by atoms with Gasteiger partial charge in [0.25, 0.3) is 0 Å². The molecule has 0 saturated carbocycles. The van der Waals surface area contributed by atoms with Gasteiger partial charge < -0.3 is 19.6 Å². The van der Waals surface area contributed by atoms with Crippen molar-refractivity contribution in [3.8, 4) is 0 Å². The molecule has 0 saturated heterocycles. The van der Waals surface area contributed by atoms with Crippen molar-refractivity contribution in [2.45, 2.75) is 45.8 Å². The SMILES string of the molecule is CC(CC(=N)CS(=O)O)N(C)C(=O)OC(C)(C)C. The number of ether oxygens (including phenoxy) is 1. The highest BCUT2D eigenvalue weighted by molar-refractivity contribution is 7.80. The minimum absolute atomic E-state index is 0.138. The van der Waals surface area contributed by atoms with Gasteiger partial charge in [-0.3, -0.25) is 0 Å². The number of hydrogen-bond donors (Lipinski definition) is 2. The molecule has 0 bridgehead atoms. The molecule has 0 rings (SSSR count). The van der Waals surface area contributed by atoms with Crippen LogP contribution in [0, 0.1) is 5.41 Å². The van der Waals surface area contributed by atoms with E-state index in [-0.39, 0.29) is 23.9 Å². The Morgan fingerprint density at radius 2 is 2.00 bits per heavy atom. The first kappa shape index (κ1) is 17.1. The Bertz CT molecular complexity index is 338. The highest BCUT2D eigenvalue weighted by Gasteiger charge is 2.23. The quantitative estimate of drug-likeness (QED) is 0.593. The Kier molecular flexibility index (Phi) is 6.48. The molecule has 0 spiro atoms. The molecule has 0 aliphatic carbocycles. The fourth-order valence-corrected chi connectivity index (χ4v) is 1.63. The molecule has 0 aromatic carbocycles. The first-order valence-electron chi connectivity index (χ1n) is 5.62. The molecule has 1 amide bonds. The summed E-state index contributed by atoms with van der Waals surface area (Å²) in [6.45, 7) is 7.10. The van der Waals surface area contributed by atoms with E-state index in [2.05, 4.69) is 0 Å². The number of nitrogens with one attached hydrogen (secondary N) is 1. The van der Waals surface area contributed by atoms with E-state index in [1.165, 1.54) is 4.90 Å². The van der Waals surface area contributed by atoms with Gasteiger partial charge in [-0.05, 0) is 27.7 Å². The molecule has 0 fully saturated rings. The summed E-state index contributed by atoms with van der Waals surface area (Å²) in [6, 6.07) is -0.254. The van der Waals surface area contributed by atoms with E-state index in [1.54, 1.807) is 34.7 Å². The van der Waals surface area contributed by atoms with Crippen LogP contribution in [-0.2, 0) is 15.8 Å². The second kappa shape index (κ2) is 6.84. The molecule has 18 heavy (non-hydrogen) atoms. The van der Waals surface area contributed by atoms with Gasteiger partial charge in [0.15, 0.2) is 11.1 Å². The minimum atomic E-state index is -2.01. The summed E-state index contributed by atoms with van der Waals surface area (Å²) in [4.78, 5) is 13.1. The van der Waals surface area contributed by atoms with Crippen LogP contribution >= 0.6 is 0 Å². The smallest absolute Gasteiger partial charge is 0.410 e. The van der Waals surface area contributed by atoms with Crippen molar-refractivity contribution in [2.75, 3.05) is 12.8 Å². The van der Waals surface area contributed by atoms with Crippen molar-refractivity contribution in [1.82, 2.24) is 4.90 Å². The molecular formula is C11H22N2O4S. The first-order valence-corrected chi connectivity index (χ1v) is 6.90. The Hall–Kier alpha value is -0.950. The van der Waals surface area contributed by atoms with E-state index in [1.807, 2.05) is 0 Å². The van der Waals surface area contributed by atoms with E-state index in [0.29, 0.717) is 0 Å². The van der Waals surface area contributed by atoms with E-state index < -0.39 is 22.8 Å². The van der Waals surface area contributed by atoms with Gasteiger partial charge >= 0.3 is 6.09 Å². The van der Waals surface area contributed by atoms with E-state index in [9.17, 15) is 9.00 Å². The summed E-state index contributed by atoms with van der Waals surface area (Å²) in [7, 11) is 1.59. The minimum Gasteiger partial charge on any atom is -0.444 e. The number of hydrogen-bond acceptors (Lipinski definition) is 4. The largest absolute Gasteiger partial charge is 0.444 e. The molecule has 7 heteroatoms. The van der Waals surface area contributed by atoms with E-state index in [0.717, 1.165) is 0 Å². The van der Waals surface area contributed by atoms with Crippen molar-refractivity contribution in [2.24, 2.45) is 0 Å². The predicted molar refractivity (Wildman–Crippen MR) is 71.4 cm³/mol. The molecule has 2 atom stereocenters. The van der Waals surface area contributed by atoms with Crippen LogP contribution in [0.25, 0.3) is 0 Å². The maximum absolute atomic E-state index is 11.7. The molecule has 0 radical (unpaired) electrons. The number of amides is 1. The van der Waals surface area contributed by atoms with Crippen molar-refractivity contribution < 1.29 is 18.3 Å². The molecule has 0 aliphatic rings. The zero-order valence-electron chi connectivity index (χ0n) is 11.5. The molecule has 0 aliphatic heterocycles. The third kappa shape index (κ3) is 7.39. The summed E-state index contributed by atoms with van der Waals surface area (Å²) >= 11 is -2.01. The van der Waals surface area contributed by atoms with Crippen LogP contribution in [-0.4, -0.2) is 49.9 Å². The van der Waals surface area contributed by atoms with Crippen LogP contribution in [0.5, 0.6) is 0 Å². The van der Waals surface area contributed by atoms with Crippen LogP contribution < -0.4 is 0 Å². The maximum atomic E-state index is 11.7. The topological polar surface area (TPSA) is 90.7 Å². The Balaban J connectivity index is 4.33. The highest BCUT2D eigenvalue weighted by atomic mass is 32.2. The highest BCUT2D eigenvalue weighted by Crippen LogP contribution is 2.12. The summed E-state index contributed by atoms with van der Waals surface area (Å²) in [5.74, 6) is -0.188. The zero-order valence-corrected chi connectivity index (χ0v) is 12.3. The second-order valence-electron chi connectivity index (χ2n) is 5.21. The molecule has 2 N–H and O–H groups in total. The summed E-state index contributed by atoms with van der Waals surface area (Å²) in [5.41, 5.74) is -0.427. The fraction of sp³-hybridized carbons (Fsp3) is 0.818. The van der Waals surface area contributed by atoms with Crippen LogP contribution in [0.4, 0.5) is 4.79 Å². The van der Waals surface area contributed by atoms with Gasteiger partial charge in [0, 0.05) is 25.2 Å². The van der Waals surface area contributed by atoms with Gasteiger partial charge in [0.2, 0.25) is 0 Å². The summed E-state index contributed by atoms with van der Waals surface area (Å²) in [5, 5.41) is 7.53. The average Bonchev–Trinajstić information content (AvgIpc) is 2.11. The van der Waals surface area contributed by atoms with Crippen molar-refractivity contribution >= 4 is 22.9 Å². The maximum Gasteiger partial charge on any atom is 0.410 e. The Morgan fingerprint density at radius 1 is 1.50 bits per heavy atom. The lowest BCUT2D eigenvalue weighted by molar-refractivity contribution is 0.0241. The van der Waals surface area contributed by atoms with Crippen LogP contribution in [0.3, 0.4) is 0 Å². The van der Waals surface area contributed by atoms with Gasteiger partial charge in [-0.15, -0.1) is 0 Å². The van der Waals surface area contributed by atoms with Gasteiger partial charge in [-0.1, -0.05) is 0 Å². The monoisotopic (exact) mass is 278 g/mol. The fourth-order valence-electron chi connectivity index (χ4n) is 1.22. The van der Waals surface area contributed by atoms with Gasteiger partial charge in [0.1, 0.15) is 5.60 Å². The van der Waals surface area contributed by atoms with Crippen LogP contribution in [0.15, 0.2) is 0 Å². The lowest BCUT2D eigenvalue weighted by Gasteiger charge is -2.28. The zero-order chi connectivity index (χ0) is 14.5. The molecule has 106 valence electrons. The Labute approximate surface area is 110 Å². The number of carbonyl (C=O) groups excluding carboxylic acids is 1. The molecule has 6 nitrogen and oxygen atoms in total. The van der Waals surface area contributed by atoms with E-state index in [4.69, 9.17) is 14.7 Å². The Morgan fingerprint density at radius 3 is 2.39 bits per heavy atom. The first-order chi connectivity index (χ1) is 8.03. The third-order valence-corrected chi connectivity index (χ3v) is 2.78. The van der Waals surface area contributed by atoms with Gasteiger partial charge in [-0.2, -0.15) is 0 Å². The van der Waals surface area contributed by atoms with Crippen molar-refractivity contribution in [1.29, 1.82) is 5.41 Å². The van der Waals surface area contributed by atoms with Crippen molar-refractivity contribution in [3.63, 3.8) is 0 Å². The molecule has 0 aromatic heterocycles. The predicted octanol–water partition coefficient (Wildman–Crippen LogP) is 1.87. The molecule has 2 unspecified atom stereocenters.